The third-order valence-corrected chi connectivity index (χ3v) is 5.11. The Kier molecular flexibility index (Phi) is 5.32. The van der Waals surface area contributed by atoms with Gasteiger partial charge in [-0.3, -0.25) is 9.59 Å². The van der Waals surface area contributed by atoms with Gasteiger partial charge in [0.15, 0.2) is 0 Å². The molecule has 0 radical (unpaired) electrons. The molecule has 0 aliphatic carbocycles. The van der Waals surface area contributed by atoms with E-state index in [4.69, 9.17) is 4.74 Å². The van der Waals surface area contributed by atoms with Gasteiger partial charge in [-0.2, -0.15) is 0 Å². The maximum absolute atomic E-state index is 13.1. The summed E-state index contributed by atoms with van der Waals surface area (Å²) in [7, 11) is 3.05. The molecule has 6 heteroatoms. The lowest BCUT2D eigenvalue weighted by Gasteiger charge is -2.21. The lowest BCUT2D eigenvalue weighted by atomic mass is 10.0. The molecule has 0 bridgehead atoms. The van der Waals surface area contributed by atoms with Crippen LogP contribution in [0.3, 0.4) is 0 Å². The quantitative estimate of drug-likeness (QED) is 0.642. The second kappa shape index (κ2) is 7.66. The van der Waals surface area contributed by atoms with Crippen LogP contribution in [0.5, 0.6) is 0 Å². The van der Waals surface area contributed by atoms with E-state index in [0.717, 1.165) is 21.5 Å². The van der Waals surface area contributed by atoms with Gasteiger partial charge in [0, 0.05) is 19.0 Å². The van der Waals surface area contributed by atoms with Crippen LogP contribution in [-0.4, -0.2) is 42.5 Å². The second-order valence-corrected chi connectivity index (χ2v) is 7.11. The molecule has 0 fully saturated rings. The molecule has 2 aromatic heterocycles. The Morgan fingerprint density at radius 2 is 2.00 bits per heavy atom. The smallest absolute Gasteiger partial charge is 0.310 e. The third kappa shape index (κ3) is 3.60. The van der Waals surface area contributed by atoms with Crippen molar-refractivity contribution in [1.82, 2.24) is 9.88 Å². The predicted octanol–water partition coefficient (Wildman–Crippen LogP) is 3.84. The molecule has 0 N–H and O–H groups in total. The first-order valence-electron chi connectivity index (χ1n) is 8.28. The second-order valence-electron chi connectivity index (χ2n) is 6.16. The lowest BCUT2D eigenvalue weighted by molar-refractivity contribution is -0.145. The fourth-order valence-electron chi connectivity index (χ4n) is 2.88. The molecule has 0 saturated heterocycles. The van der Waals surface area contributed by atoms with Gasteiger partial charge in [-0.15, -0.1) is 11.3 Å². The van der Waals surface area contributed by atoms with Crippen molar-refractivity contribution in [2.24, 2.45) is 5.92 Å². The first-order chi connectivity index (χ1) is 12.5. The van der Waals surface area contributed by atoms with Crippen LogP contribution in [0.1, 0.15) is 17.3 Å². The van der Waals surface area contributed by atoms with Gasteiger partial charge in [-0.1, -0.05) is 31.2 Å². The van der Waals surface area contributed by atoms with Crippen LogP contribution in [0.2, 0.25) is 0 Å². The number of carbonyl (C=O) groups is 2. The molecule has 134 valence electrons. The van der Waals surface area contributed by atoms with Gasteiger partial charge in [0.05, 0.1) is 34.7 Å². The number of amides is 1. The average Bonchev–Trinajstić information content (AvgIpc) is 3.20. The average molecular weight is 368 g/mol. The summed E-state index contributed by atoms with van der Waals surface area (Å²) in [4.78, 5) is 32.0. The topological polar surface area (TPSA) is 59.5 Å². The molecule has 1 amide bonds. The summed E-state index contributed by atoms with van der Waals surface area (Å²) in [6.45, 7) is 2.04. The van der Waals surface area contributed by atoms with Gasteiger partial charge >= 0.3 is 5.97 Å². The number of para-hydroxylation sites is 1. The summed E-state index contributed by atoms with van der Waals surface area (Å²) in [5, 5.41) is 2.79. The molecule has 2 heterocycles. The molecule has 3 aromatic rings. The van der Waals surface area contributed by atoms with E-state index in [0.29, 0.717) is 5.56 Å². The summed E-state index contributed by atoms with van der Waals surface area (Å²) in [5.41, 5.74) is 2.13. The van der Waals surface area contributed by atoms with E-state index in [1.165, 1.54) is 7.11 Å². The van der Waals surface area contributed by atoms with Gasteiger partial charge < -0.3 is 9.64 Å². The Bertz CT molecular complexity index is 937. The minimum atomic E-state index is -0.390. The number of fused-ring (bicyclic) bond motifs is 1. The van der Waals surface area contributed by atoms with E-state index in [9.17, 15) is 9.59 Å². The normalized spacial score (nSPS) is 12.0. The number of rotatable bonds is 5. The number of hydrogen-bond donors (Lipinski definition) is 0. The molecule has 3 rings (SSSR count). The minimum Gasteiger partial charge on any atom is -0.469 e. The highest BCUT2D eigenvalue weighted by molar-refractivity contribution is 7.13. The molecule has 5 nitrogen and oxygen atoms in total. The van der Waals surface area contributed by atoms with Crippen molar-refractivity contribution in [1.29, 1.82) is 0 Å². The van der Waals surface area contributed by atoms with E-state index in [1.807, 2.05) is 47.8 Å². The number of hydrogen-bond acceptors (Lipinski definition) is 5. The highest BCUT2D eigenvalue weighted by atomic mass is 32.1. The van der Waals surface area contributed by atoms with Crippen LogP contribution in [0.25, 0.3) is 21.5 Å². The van der Waals surface area contributed by atoms with Crippen LogP contribution in [-0.2, 0) is 9.53 Å². The molecule has 1 aromatic carbocycles. The van der Waals surface area contributed by atoms with Gasteiger partial charge in [0.1, 0.15) is 0 Å². The number of thiophene rings is 1. The van der Waals surface area contributed by atoms with Crippen molar-refractivity contribution >= 4 is 34.1 Å². The van der Waals surface area contributed by atoms with Crippen LogP contribution in [0, 0.1) is 5.92 Å². The van der Waals surface area contributed by atoms with E-state index in [1.54, 1.807) is 30.2 Å². The number of methoxy groups -OCH3 is 1. The molecule has 0 aliphatic heterocycles. The fraction of sp³-hybridized carbons (Fsp3) is 0.250. The molecule has 1 atom stereocenters. The lowest BCUT2D eigenvalue weighted by Crippen LogP contribution is -2.34. The molecule has 26 heavy (non-hydrogen) atoms. The highest BCUT2D eigenvalue weighted by Crippen LogP contribution is 2.28. The van der Waals surface area contributed by atoms with Crippen molar-refractivity contribution in [2.45, 2.75) is 6.92 Å². The predicted molar refractivity (Wildman–Crippen MR) is 103 cm³/mol. The Morgan fingerprint density at radius 3 is 2.69 bits per heavy atom. The molecule has 0 spiro atoms. The van der Waals surface area contributed by atoms with Crippen LogP contribution < -0.4 is 0 Å². The van der Waals surface area contributed by atoms with E-state index >= 15 is 0 Å². The SMILES string of the molecule is COC(=O)C(C)CN(C)C(=O)c1cc(-c2cccs2)nc2ccccc12. The van der Waals surface area contributed by atoms with Crippen molar-refractivity contribution in [3.8, 4) is 10.6 Å². The first-order valence-corrected chi connectivity index (χ1v) is 9.16. The highest BCUT2D eigenvalue weighted by Gasteiger charge is 2.22. The van der Waals surface area contributed by atoms with E-state index < -0.39 is 0 Å². The minimum absolute atomic E-state index is 0.142. The first kappa shape index (κ1) is 18.1. The van der Waals surface area contributed by atoms with Crippen molar-refractivity contribution < 1.29 is 14.3 Å². The number of pyridine rings is 1. The van der Waals surface area contributed by atoms with Gasteiger partial charge in [0.25, 0.3) is 5.91 Å². The summed E-state index contributed by atoms with van der Waals surface area (Å²) in [6.07, 6.45) is 0. The molecule has 0 aliphatic rings. The zero-order valence-electron chi connectivity index (χ0n) is 14.9. The Balaban J connectivity index is 2.00. The van der Waals surface area contributed by atoms with E-state index in [-0.39, 0.29) is 24.3 Å². The fourth-order valence-corrected chi connectivity index (χ4v) is 3.56. The Hall–Kier alpha value is -2.73. The van der Waals surface area contributed by atoms with Crippen LogP contribution in [0.4, 0.5) is 0 Å². The number of esters is 1. The Labute approximate surface area is 156 Å². The summed E-state index contributed by atoms with van der Waals surface area (Å²) in [5.74, 6) is -0.862. The van der Waals surface area contributed by atoms with Crippen LogP contribution in [0.15, 0.2) is 47.8 Å². The number of aromatic nitrogens is 1. The van der Waals surface area contributed by atoms with Crippen molar-refractivity contribution in [3.05, 3.63) is 53.4 Å². The number of benzene rings is 1. The molecule has 1 unspecified atom stereocenters. The van der Waals surface area contributed by atoms with Crippen molar-refractivity contribution in [2.75, 3.05) is 20.7 Å². The summed E-state index contributed by atoms with van der Waals surface area (Å²) < 4.78 is 4.75. The third-order valence-electron chi connectivity index (χ3n) is 4.22. The zero-order chi connectivity index (χ0) is 18.7. The number of nitrogens with zero attached hydrogens (tertiary/aromatic N) is 2. The zero-order valence-corrected chi connectivity index (χ0v) is 15.7. The summed E-state index contributed by atoms with van der Waals surface area (Å²) >= 11 is 1.58. The largest absolute Gasteiger partial charge is 0.469 e. The van der Waals surface area contributed by atoms with Gasteiger partial charge in [-0.25, -0.2) is 4.98 Å². The number of ether oxygens (including phenoxy) is 1. The maximum Gasteiger partial charge on any atom is 0.310 e. The molecule has 0 saturated carbocycles. The summed E-state index contributed by atoms with van der Waals surface area (Å²) in [6, 6.07) is 13.4. The maximum atomic E-state index is 13.1. The van der Waals surface area contributed by atoms with Crippen molar-refractivity contribution in [3.63, 3.8) is 0 Å². The standard InChI is InChI=1S/C20H20N2O3S/c1-13(20(24)25-3)12-22(2)19(23)15-11-17(18-9-6-10-26-18)21-16-8-5-4-7-14(15)16/h4-11,13H,12H2,1-3H3. The van der Waals surface area contributed by atoms with E-state index in [2.05, 4.69) is 4.98 Å². The molecular weight excluding hydrogens is 348 g/mol. The van der Waals surface area contributed by atoms with Gasteiger partial charge in [0.2, 0.25) is 0 Å². The molecular formula is C20H20N2O3S. The van der Waals surface area contributed by atoms with Gasteiger partial charge in [-0.05, 0) is 23.6 Å². The monoisotopic (exact) mass is 368 g/mol. The van der Waals surface area contributed by atoms with Crippen LogP contribution >= 0.6 is 11.3 Å². The Morgan fingerprint density at radius 1 is 1.23 bits per heavy atom. The number of carbonyl (C=O) groups excluding carboxylic acids is 2.